The van der Waals surface area contributed by atoms with E-state index < -0.39 is 0 Å². The van der Waals surface area contributed by atoms with Gasteiger partial charge < -0.3 is 10.2 Å². The average Bonchev–Trinajstić information content (AvgIpc) is 3.11. The summed E-state index contributed by atoms with van der Waals surface area (Å²) in [5.74, 6) is 1.11. The Morgan fingerprint density at radius 3 is 2.35 bits per heavy atom. The minimum absolute atomic E-state index is 0. The van der Waals surface area contributed by atoms with E-state index in [-0.39, 0.29) is 12.4 Å². The van der Waals surface area contributed by atoms with Gasteiger partial charge in [-0.05, 0) is 38.6 Å². The van der Waals surface area contributed by atoms with Crippen molar-refractivity contribution in [3.05, 3.63) is 0 Å². The van der Waals surface area contributed by atoms with Gasteiger partial charge in [-0.1, -0.05) is 19.3 Å². The van der Waals surface area contributed by atoms with Gasteiger partial charge in [-0.25, -0.2) is 0 Å². The van der Waals surface area contributed by atoms with E-state index in [1.807, 2.05) is 7.05 Å². The van der Waals surface area contributed by atoms with Gasteiger partial charge in [0.05, 0.1) is 6.54 Å². The highest BCUT2D eigenvalue weighted by molar-refractivity contribution is 5.85. The van der Waals surface area contributed by atoms with Crippen LogP contribution < -0.4 is 5.32 Å². The van der Waals surface area contributed by atoms with Crippen LogP contribution in [0.3, 0.4) is 0 Å². The molecule has 17 heavy (non-hydrogen) atoms. The van der Waals surface area contributed by atoms with Crippen LogP contribution in [-0.2, 0) is 4.79 Å². The smallest absolute Gasteiger partial charge is 0.236 e. The second-order valence-electron chi connectivity index (χ2n) is 5.31. The quantitative estimate of drug-likeness (QED) is 0.822. The van der Waals surface area contributed by atoms with Crippen LogP contribution in [-0.4, -0.2) is 37.0 Å². The second-order valence-corrected chi connectivity index (χ2v) is 5.31. The third-order valence-corrected chi connectivity index (χ3v) is 3.82. The van der Waals surface area contributed by atoms with Crippen LogP contribution in [0.5, 0.6) is 0 Å². The largest absolute Gasteiger partial charge is 0.338 e. The molecule has 2 fully saturated rings. The van der Waals surface area contributed by atoms with E-state index in [0.717, 1.165) is 12.5 Å². The maximum atomic E-state index is 12.1. The molecule has 1 amide bonds. The summed E-state index contributed by atoms with van der Waals surface area (Å²) in [7, 11) is 1.86. The standard InChI is InChI=1S/C13H24N2O.ClH/c1-14-9-13(16)15(10-11-7-8-11)12-5-3-2-4-6-12;/h11-12,14H,2-10H2,1H3;1H. The molecule has 0 aromatic carbocycles. The van der Waals surface area contributed by atoms with E-state index in [2.05, 4.69) is 10.2 Å². The van der Waals surface area contributed by atoms with Crippen molar-refractivity contribution in [1.82, 2.24) is 10.2 Å². The minimum atomic E-state index is 0. The fraction of sp³-hybridized carbons (Fsp3) is 0.923. The van der Waals surface area contributed by atoms with Gasteiger partial charge in [0, 0.05) is 12.6 Å². The van der Waals surface area contributed by atoms with Crippen molar-refractivity contribution in [3.63, 3.8) is 0 Å². The maximum absolute atomic E-state index is 12.1. The van der Waals surface area contributed by atoms with E-state index in [9.17, 15) is 4.79 Å². The molecule has 0 radical (unpaired) electrons. The van der Waals surface area contributed by atoms with Crippen molar-refractivity contribution in [2.75, 3.05) is 20.1 Å². The van der Waals surface area contributed by atoms with Gasteiger partial charge in [-0.2, -0.15) is 0 Å². The molecule has 0 bridgehead atoms. The van der Waals surface area contributed by atoms with E-state index >= 15 is 0 Å². The molecular formula is C13H25ClN2O. The molecule has 3 nitrogen and oxygen atoms in total. The lowest BCUT2D eigenvalue weighted by Gasteiger charge is -2.34. The molecule has 2 saturated carbocycles. The Hall–Kier alpha value is -0.280. The van der Waals surface area contributed by atoms with E-state index in [4.69, 9.17) is 0 Å². The molecule has 0 spiro atoms. The van der Waals surface area contributed by atoms with E-state index in [0.29, 0.717) is 18.5 Å². The summed E-state index contributed by atoms with van der Waals surface area (Å²) in [5, 5.41) is 2.99. The number of halogens is 1. The highest BCUT2D eigenvalue weighted by Crippen LogP contribution is 2.32. The molecule has 0 unspecified atom stereocenters. The SMILES string of the molecule is CNCC(=O)N(CC1CC1)C1CCCCC1.Cl. The number of hydrogen-bond donors (Lipinski definition) is 1. The molecule has 0 aliphatic heterocycles. The molecule has 2 aliphatic rings. The number of hydrogen-bond acceptors (Lipinski definition) is 2. The van der Waals surface area contributed by atoms with Crippen molar-refractivity contribution < 1.29 is 4.79 Å². The summed E-state index contributed by atoms with van der Waals surface area (Å²) in [6.07, 6.45) is 9.07. The number of rotatable bonds is 5. The number of likely N-dealkylation sites (N-methyl/N-ethyl adjacent to an activating group) is 1. The lowest BCUT2D eigenvalue weighted by atomic mass is 9.94. The van der Waals surface area contributed by atoms with Gasteiger partial charge in [0.25, 0.3) is 0 Å². The van der Waals surface area contributed by atoms with Crippen molar-refractivity contribution in [2.24, 2.45) is 5.92 Å². The topological polar surface area (TPSA) is 32.3 Å². The van der Waals surface area contributed by atoms with Crippen molar-refractivity contribution in [3.8, 4) is 0 Å². The van der Waals surface area contributed by atoms with Crippen molar-refractivity contribution in [2.45, 2.75) is 51.0 Å². The van der Waals surface area contributed by atoms with Gasteiger partial charge in [0.1, 0.15) is 0 Å². The van der Waals surface area contributed by atoms with Gasteiger partial charge >= 0.3 is 0 Å². The summed E-state index contributed by atoms with van der Waals surface area (Å²) in [6.45, 7) is 1.52. The Bertz CT molecular complexity index is 238. The molecule has 1 N–H and O–H groups in total. The lowest BCUT2D eigenvalue weighted by molar-refractivity contribution is -0.133. The third-order valence-electron chi connectivity index (χ3n) is 3.82. The molecular weight excluding hydrogens is 236 g/mol. The highest BCUT2D eigenvalue weighted by Gasteiger charge is 2.31. The predicted molar refractivity (Wildman–Crippen MR) is 72.5 cm³/mol. The normalized spacial score (nSPS) is 20.8. The first-order chi connectivity index (χ1) is 7.81. The maximum Gasteiger partial charge on any atom is 0.236 e. The number of amides is 1. The van der Waals surface area contributed by atoms with Crippen LogP contribution >= 0.6 is 12.4 Å². The van der Waals surface area contributed by atoms with Crippen LogP contribution in [0.2, 0.25) is 0 Å². The van der Waals surface area contributed by atoms with Crippen LogP contribution in [0.15, 0.2) is 0 Å². The molecule has 4 heteroatoms. The average molecular weight is 261 g/mol. The zero-order valence-corrected chi connectivity index (χ0v) is 11.6. The Kier molecular flexibility index (Phi) is 6.28. The van der Waals surface area contributed by atoms with Gasteiger partial charge in [-0.15, -0.1) is 12.4 Å². The van der Waals surface area contributed by atoms with Gasteiger partial charge in [-0.3, -0.25) is 4.79 Å². The second kappa shape index (κ2) is 7.22. The first kappa shape index (κ1) is 14.8. The first-order valence-electron chi connectivity index (χ1n) is 6.75. The fourth-order valence-electron chi connectivity index (χ4n) is 2.68. The number of carbonyl (C=O) groups is 1. The highest BCUT2D eigenvalue weighted by atomic mass is 35.5. The van der Waals surface area contributed by atoms with Gasteiger partial charge in [0.15, 0.2) is 0 Å². The Morgan fingerprint density at radius 1 is 1.18 bits per heavy atom. The van der Waals surface area contributed by atoms with E-state index in [1.165, 1.54) is 44.9 Å². The van der Waals surface area contributed by atoms with Crippen LogP contribution in [0.1, 0.15) is 44.9 Å². The molecule has 0 atom stereocenters. The fourth-order valence-corrected chi connectivity index (χ4v) is 2.68. The Morgan fingerprint density at radius 2 is 1.82 bits per heavy atom. The number of nitrogens with zero attached hydrogens (tertiary/aromatic N) is 1. The summed E-state index contributed by atoms with van der Waals surface area (Å²) in [6, 6.07) is 0.537. The van der Waals surface area contributed by atoms with Crippen molar-refractivity contribution in [1.29, 1.82) is 0 Å². The zero-order chi connectivity index (χ0) is 11.4. The summed E-state index contributed by atoms with van der Waals surface area (Å²) >= 11 is 0. The Balaban J connectivity index is 0.00000144. The van der Waals surface area contributed by atoms with Gasteiger partial charge in [0.2, 0.25) is 5.91 Å². The first-order valence-corrected chi connectivity index (χ1v) is 6.75. The molecule has 0 heterocycles. The predicted octanol–water partition coefficient (Wildman–Crippen LogP) is 2.20. The summed E-state index contributed by atoms with van der Waals surface area (Å²) in [4.78, 5) is 14.2. The number of carbonyl (C=O) groups excluding carboxylic acids is 1. The molecule has 0 aromatic heterocycles. The molecule has 2 rings (SSSR count). The third kappa shape index (κ3) is 4.47. The zero-order valence-electron chi connectivity index (χ0n) is 10.8. The van der Waals surface area contributed by atoms with Crippen LogP contribution in [0, 0.1) is 5.92 Å². The molecule has 0 aromatic rings. The monoisotopic (exact) mass is 260 g/mol. The summed E-state index contributed by atoms with van der Waals surface area (Å²) < 4.78 is 0. The van der Waals surface area contributed by atoms with Crippen molar-refractivity contribution >= 4 is 18.3 Å². The van der Waals surface area contributed by atoms with Crippen LogP contribution in [0.25, 0.3) is 0 Å². The lowest BCUT2D eigenvalue weighted by Crippen LogP contribution is -2.46. The van der Waals surface area contributed by atoms with E-state index in [1.54, 1.807) is 0 Å². The number of nitrogens with one attached hydrogen (secondary N) is 1. The van der Waals surface area contributed by atoms with Crippen LogP contribution in [0.4, 0.5) is 0 Å². The Labute approximate surface area is 111 Å². The molecule has 100 valence electrons. The molecule has 2 aliphatic carbocycles. The molecule has 0 saturated heterocycles. The summed E-state index contributed by atoms with van der Waals surface area (Å²) in [5.41, 5.74) is 0. The minimum Gasteiger partial charge on any atom is -0.338 e.